The Morgan fingerprint density at radius 1 is 1.37 bits per heavy atom. The maximum absolute atomic E-state index is 12.7. The van der Waals surface area contributed by atoms with Crippen LogP contribution in [0.5, 0.6) is 0 Å². The minimum absolute atomic E-state index is 0.0557. The van der Waals surface area contributed by atoms with E-state index < -0.39 is 6.10 Å². The maximum Gasteiger partial charge on any atom is 0.254 e. The molecular formula is C21H18N4O2. The van der Waals surface area contributed by atoms with E-state index in [2.05, 4.69) is 17.7 Å². The van der Waals surface area contributed by atoms with E-state index in [1.165, 1.54) is 0 Å². The van der Waals surface area contributed by atoms with Crippen LogP contribution in [-0.4, -0.2) is 38.3 Å². The molecular weight excluding hydrogens is 340 g/mol. The van der Waals surface area contributed by atoms with Crippen molar-refractivity contribution in [1.29, 1.82) is 5.26 Å². The van der Waals surface area contributed by atoms with Crippen molar-refractivity contribution in [2.75, 3.05) is 6.54 Å². The largest absolute Gasteiger partial charge is 0.386 e. The Balaban J connectivity index is 1.71. The average molecular weight is 358 g/mol. The first-order valence-corrected chi connectivity index (χ1v) is 8.60. The molecule has 0 saturated carbocycles. The number of benzene rings is 2. The number of nitriles is 1. The number of carbonyl (C=O) groups excluding carboxylic acids is 1. The van der Waals surface area contributed by atoms with Crippen molar-refractivity contribution in [3.8, 4) is 17.2 Å². The summed E-state index contributed by atoms with van der Waals surface area (Å²) in [6.45, 7) is 3.98. The molecule has 134 valence electrons. The van der Waals surface area contributed by atoms with Gasteiger partial charge in [0.25, 0.3) is 5.91 Å². The standard InChI is InChI=1S/C21H18N4O2/c1-13(9-22)20(26)12-25-11-18-16(4-3-5-17(18)21(25)27)14-6-7-15-10-23-24(2)19(15)8-14/h3-8,10,20,26H,1,11-12H2,2H3. The van der Waals surface area contributed by atoms with Crippen molar-refractivity contribution in [1.82, 2.24) is 14.7 Å². The number of carbonyl (C=O) groups is 1. The smallest absolute Gasteiger partial charge is 0.254 e. The molecule has 3 aromatic rings. The normalized spacial score (nSPS) is 14.3. The third-order valence-corrected chi connectivity index (χ3v) is 5.04. The van der Waals surface area contributed by atoms with E-state index in [4.69, 9.17) is 5.26 Å². The van der Waals surface area contributed by atoms with Crippen LogP contribution < -0.4 is 0 Å². The summed E-state index contributed by atoms with van der Waals surface area (Å²) in [4.78, 5) is 14.3. The summed E-state index contributed by atoms with van der Waals surface area (Å²) in [7, 11) is 1.90. The lowest BCUT2D eigenvalue weighted by molar-refractivity contribution is 0.0695. The number of aryl methyl sites for hydroxylation is 1. The Labute approximate surface area is 156 Å². The van der Waals surface area contributed by atoms with Crippen molar-refractivity contribution in [2.24, 2.45) is 7.05 Å². The molecule has 0 fully saturated rings. The molecule has 0 bridgehead atoms. The molecule has 6 heteroatoms. The van der Waals surface area contributed by atoms with Crippen LogP contribution >= 0.6 is 0 Å². The van der Waals surface area contributed by atoms with Crippen LogP contribution in [0.4, 0.5) is 0 Å². The molecule has 27 heavy (non-hydrogen) atoms. The van der Waals surface area contributed by atoms with Gasteiger partial charge in [-0.15, -0.1) is 0 Å². The molecule has 1 aromatic heterocycles. The second kappa shape index (κ2) is 6.38. The van der Waals surface area contributed by atoms with Crippen LogP contribution in [0.2, 0.25) is 0 Å². The number of β-amino-alcohol motifs (C(OH)–C–C–N with tert-alkyl or cyclic N) is 1. The van der Waals surface area contributed by atoms with Crippen LogP contribution in [0.3, 0.4) is 0 Å². The van der Waals surface area contributed by atoms with E-state index in [0.717, 1.165) is 27.6 Å². The van der Waals surface area contributed by atoms with Gasteiger partial charge in [-0.3, -0.25) is 9.48 Å². The Morgan fingerprint density at radius 3 is 2.93 bits per heavy atom. The minimum Gasteiger partial charge on any atom is -0.386 e. The fourth-order valence-electron chi connectivity index (χ4n) is 3.51. The van der Waals surface area contributed by atoms with Gasteiger partial charge in [0, 0.05) is 24.5 Å². The summed E-state index contributed by atoms with van der Waals surface area (Å²) in [5, 5.41) is 24.3. The van der Waals surface area contributed by atoms with Gasteiger partial charge >= 0.3 is 0 Å². The van der Waals surface area contributed by atoms with Crippen molar-refractivity contribution in [2.45, 2.75) is 12.6 Å². The second-order valence-electron chi connectivity index (χ2n) is 6.71. The van der Waals surface area contributed by atoms with E-state index in [0.29, 0.717) is 12.1 Å². The molecule has 0 spiro atoms. The predicted molar refractivity (Wildman–Crippen MR) is 102 cm³/mol. The van der Waals surface area contributed by atoms with Crippen LogP contribution in [0.25, 0.3) is 22.0 Å². The first-order chi connectivity index (χ1) is 13.0. The number of nitrogens with zero attached hydrogens (tertiary/aromatic N) is 4. The number of aromatic nitrogens is 2. The molecule has 1 N–H and O–H groups in total. The van der Waals surface area contributed by atoms with Gasteiger partial charge in [0.2, 0.25) is 0 Å². The third kappa shape index (κ3) is 2.78. The number of hydrogen-bond acceptors (Lipinski definition) is 4. The monoisotopic (exact) mass is 358 g/mol. The molecule has 1 amide bonds. The van der Waals surface area contributed by atoms with Crippen molar-refractivity contribution < 1.29 is 9.90 Å². The van der Waals surface area contributed by atoms with E-state index in [1.54, 1.807) is 11.0 Å². The zero-order chi connectivity index (χ0) is 19.1. The number of aliphatic hydroxyl groups is 1. The number of fused-ring (bicyclic) bond motifs is 2. The average Bonchev–Trinajstić information content (AvgIpc) is 3.21. The Hall–Kier alpha value is -3.43. The second-order valence-corrected chi connectivity index (χ2v) is 6.71. The Bertz CT molecular complexity index is 1120. The van der Waals surface area contributed by atoms with Crippen LogP contribution in [-0.2, 0) is 13.6 Å². The molecule has 2 aromatic carbocycles. The SMILES string of the molecule is C=C(C#N)C(O)CN1Cc2c(cccc2-c2ccc3cnn(C)c3c2)C1=O. The summed E-state index contributed by atoms with van der Waals surface area (Å²) >= 11 is 0. The molecule has 1 atom stereocenters. The number of aliphatic hydroxyl groups excluding tert-OH is 1. The predicted octanol–water partition coefficient (Wildman–Crippen LogP) is 2.64. The molecule has 0 aliphatic carbocycles. The van der Waals surface area contributed by atoms with E-state index >= 15 is 0 Å². The zero-order valence-electron chi connectivity index (χ0n) is 14.9. The lowest BCUT2D eigenvalue weighted by Gasteiger charge is -2.19. The van der Waals surface area contributed by atoms with Gasteiger partial charge in [0.05, 0.1) is 29.9 Å². The van der Waals surface area contributed by atoms with E-state index in [9.17, 15) is 9.90 Å². The number of amides is 1. The molecule has 6 nitrogen and oxygen atoms in total. The number of rotatable bonds is 4. The molecule has 1 aliphatic rings. The Morgan fingerprint density at radius 2 is 2.15 bits per heavy atom. The Kier molecular flexibility index (Phi) is 4.02. The highest BCUT2D eigenvalue weighted by Gasteiger charge is 2.31. The quantitative estimate of drug-likeness (QED) is 0.727. The summed E-state index contributed by atoms with van der Waals surface area (Å²) in [6, 6.07) is 13.6. The van der Waals surface area contributed by atoms with Gasteiger partial charge in [-0.05, 0) is 28.8 Å². The molecule has 0 radical (unpaired) electrons. The van der Waals surface area contributed by atoms with Crippen molar-refractivity contribution >= 4 is 16.8 Å². The van der Waals surface area contributed by atoms with E-state index in [1.807, 2.05) is 48.3 Å². The molecule has 4 rings (SSSR count). The zero-order valence-corrected chi connectivity index (χ0v) is 14.9. The lowest BCUT2D eigenvalue weighted by Crippen LogP contribution is -2.33. The first-order valence-electron chi connectivity index (χ1n) is 8.60. The summed E-state index contributed by atoms with van der Waals surface area (Å²) < 4.78 is 1.82. The van der Waals surface area contributed by atoms with Gasteiger partial charge in [-0.1, -0.05) is 30.8 Å². The topological polar surface area (TPSA) is 82.2 Å². The molecule has 1 unspecified atom stereocenters. The highest BCUT2D eigenvalue weighted by Crippen LogP contribution is 2.34. The van der Waals surface area contributed by atoms with Crippen molar-refractivity contribution in [3.63, 3.8) is 0 Å². The highest BCUT2D eigenvalue weighted by molar-refractivity contribution is 6.01. The van der Waals surface area contributed by atoms with E-state index in [-0.39, 0.29) is 18.0 Å². The maximum atomic E-state index is 12.7. The van der Waals surface area contributed by atoms with Gasteiger partial charge < -0.3 is 10.0 Å². The first kappa shape index (κ1) is 17.0. The summed E-state index contributed by atoms with van der Waals surface area (Å²) in [5.74, 6) is -0.141. The van der Waals surface area contributed by atoms with Crippen molar-refractivity contribution in [3.05, 3.63) is 65.9 Å². The molecule has 2 heterocycles. The van der Waals surface area contributed by atoms with Crippen LogP contribution in [0.15, 0.2) is 54.7 Å². The summed E-state index contributed by atoms with van der Waals surface area (Å²) in [6.07, 6.45) is 0.769. The lowest BCUT2D eigenvalue weighted by atomic mass is 9.96. The highest BCUT2D eigenvalue weighted by atomic mass is 16.3. The fraction of sp³-hybridized carbons (Fsp3) is 0.190. The van der Waals surface area contributed by atoms with Gasteiger partial charge in [0.1, 0.15) is 6.10 Å². The molecule has 1 aliphatic heterocycles. The van der Waals surface area contributed by atoms with Crippen LogP contribution in [0, 0.1) is 11.3 Å². The van der Waals surface area contributed by atoms with Gasteiger partial charge in [0.15, 0.2) is 0 Å². The van der Waals surface area contributed by atoms with Gasteiger partial charge in [-0.2, -0.15) is 10.4 Å². The minimum atomic E-state index is -1.05. The molecule has 0 saturated heterocycles. The number of hydrogen-bond donors (Lipinski definition) is 1. The third-order valence-electron chi connectivity index (χ3n) is 5.04. The summed E-state index contributed by atoms with van der Waals surface area (Å²) in [5.41, 5.74) is 4.64. The fourth-order valence-corrected chi connectivity index (χ4v) is 3.51. The van der Waals surface area contributed by atoms with Crippen LogP contribution in [0.1, 0.15) is 15.9 Å². The van der Waals surface area contributed by atoms with Gasteiger partial charge in [-0.25, -0.2) is 0 Å².